The fraction of sp³-hybridized carbons (Fsp3) is 0.667. The lowest BCUT2D eigenvalue weighted by Gasteiger charge is -2.42. The van der Waals surface area contributed by atoms with Gasteiger partial charge in [0.05, 0.1) is 5.88 Å². The van der Waals surface area contributed by atoms with Gasteiger partial charge < -0.3 is 4.90 Å². The first kappa shape index (κ1) is 12.3. The van der Waals surface area contributed by atoms with Crippen molar-refractivity contribution in [3.05, 3.63) is 24.0 Å². The van der Waals surface area contributed by atoms with E-state index in [1.807, 2.05) is 12.4 Å². The van der Waals surface area contributed by atoms with Crippen molar-refractivity contribution in [1.82, 2.24) is 4.98 Å². The summed E-state index contributed by atoms with van der Waals surface area (Å²) in [7, 11) is 0. The zero-order valence-corrected chi connectivity index (χ0v) is 11.6. The highest BCUT2D eigenvalue weighted by Crippen LogP contribution is 2.38. The number of piperidine rings is 1. The first-order valence-corrected chi connectivity index (χ1v) is 7.65. The number of aromatic nitrogens is 1. The maximum Gasteiger partial charge on any atom is 0.0509 e. The Balaban J connectivity index is 1.77. The van der Waals surface area contributed by atoms with Crippen LogP contribution in [0.3, 0.4) is 0 Å². The molecule has 0 spiro atoms. The van der Waals surface area contributed by atoms with Crippen LogP contribution in [0, 0.1) is 11.8 Å². The monoisotopic (exact) mass is 264 g/mol. The van der Waals surface area contributed by atoms with Gasteiger partial charge in [0.15, 0.2) is 0 Å². The molecule has 2 nitrogen and oxygen atoms in total. The van der Waals surface area contributed by atoms with Crippen molar-refractivity contribution in [2.45, 2.75) is 38.0 Å². The van der Waals surface area contributed by atoms with Crippen LogP contribution in [0.5, 0.6) is 0 Å². The summed E-state index contributed by atoms with van der Waals surface area (Å²) in [5, 5.41) is 0. The second kappa shape index (κ2) is 5.48. The maximum atomic E-state index is 6.02. The van der Waals surface area contributed by atoms with Crippen LogP contribution in [0.1, 0.15) is 37.7 Å². The molecule has 2 fully saturated rings. The van der Waals surface area contributed by atoms with Crippen molar-refractivity contribution >= 4 is 17.3 Å². The Morgan fingerprint density at radius 3 is 2.89 bits per heavy atom. The molecular formula is C15H21ClN2. The Kier molecular flexibility index (Phi) is 3.74. The molecule has 0 amide bonds. The lowest BCUT2D eigenvalue weighted by Crippen LogP contribution is -2.42. The van der Waals surface area contributed by atoms with Gasteiger partial charge in [-0.05, 0) is 30.7 Å². The molecule has 0 N–H and O–H groups in total. The summed E-state index contributed by atoms with van der Waals surface area (Å²) in [5.74, 6) is 2.45. The number of hydrogen-bond donors (Lipinski definition) is 0. The van der Waals surface area contributed by atoms with Crippen molar-refractivity contribution < 1.29 is 0 Å². The van der Waals surface area contributed by atoms with Gasteiger partial charge in [-0.15, -0.1) is 11.6 Å². The SMILES string of the molecule is ClCc1cnccc1N1CCC2CCCCC2C1. The molecule has 0 radical (unpaired) electrons. The van der Waals surface area contributed by atoms with Gasteiger partial charge in [0.1, 0.15) is 0 Å². The average Bonchev–Trinajstić information content (AvgIpc) is 2.46. The predicted octanol–water partition coefficient (Wildman–Crippen LogP) is 3.84. The number of pyridine rings is 1. The van der Waals surface area contributed by atoms with E-state index in [1.54, 1.807) is 0 Å². The summed E-state index contributed by atoms with van der Waals surface area (Å²) >= 11 is 6.02. The van der Waals surface area contributed by atoms with Crippen molar-refractivity contribution in [2.75, 3.05) is 18.0 Å². The van der Waals surface area contributed by atoms with Crippen LogP contribution in [-0.2, 0) is 5.88 Å². The van der Waals surface area contributed by atoms with E-state index in [9.17, 15) is 0 Å². The Labute approximate surface area is 114 Å². The quantitative estimate of drug-likeness (QED) is 0.755. The second-order valence-corrected chi connectivity index (χ2v) is 5.94. The summed E-state index contributed by atoms with van der Waals surface area (Å²) in [6, 6.07) is 2.13. The molecule has 18 heavy (non-hydrogen) atoms. The van der Waals surface area contributed by atoms with Crippen LogP contribution >= 0.6 is 11.6 Å². The molecule has 98 valence electrons. The van der Waals surface area contributed by atoms with Gasteiger partial charge in [-0.2, -0.15) is 0 Å². The van der Waals surface area contributed by atoms with E-state index >= 15 is 0 Å². The van der Waals surface area contributed by atoms with Crippen molar-refractivity contribution in [3.8, 4) is 0 Å². The Bertz CT molecular complexity index is 407. The highest BCUT2D eigenvalue weighted by molar-refractivity contribution is 6.17. The average molecular weight is 265 g/mol. The summed E-state index contributed by atoms with van der Waals surface area (Å²) in [4.78, 5) is 6.71. The number of nitrogens with zero attached hydrogens (tertiary/aromatic N) is 2. The Hall–Kier alpha value is -0.760. The van der Waals surface area contributed by atoms with Gasteiger partial charge in [-0.1, -0.05) is 19.3 Å². The minimum absolute atomic E-state index is 0.563. The molecule has 3 rings (SSSR count). The van der Waals surface area contributed by atoms with Gasteiger partial charge in [0, 0.05) is 36.7 Å². The van der Waals surface area contributed by atoms with Crippen molar-refractivity contribution in [2.24, 2.45) is 11.8 Å². The molecule has 1 saturated heterocycles. The van der Waals surface area contributed by atoms with Gasteiger partial charge in [-0.3, -0.25) is 4.98 Å². The summed E-state index contributed by atoms with van der Waals surface area (Å²) in [6.07, 6.45) is 10.9. The first-order valence-electron chi connectivity index (χ1n) is 7.12. The smallest absolute Gasteiger partial charge is 0.0509 e. The molecular weight excluding hydrogens is 244 g/mol. The number of halogens is 1. The lowest BCUT2D eigenvalue weighted by atomic mass is 9.75. The van der Waals surface area contributed by atoms with Crippen LogP contribution < -0.4 is 4.90 Å². The highest BCUT2D eigenvalue weighted by atomic mass is 35.5. The second-order valence-electron chi connectivity index (χ2n) is 5.68. The molecule has 2 atom stereocenters. The number of rotatable bonds is 2. The molecule has 1 aliphatic heterocycles. The molecule has 1 aromatic heterocycles. The van der Waals surface area contributed by atoms with Gasteiger partial charge in [0.25, 0.3) is 0 Å². The van der Waals surface area contributed by atoms with E-state index in [1.165, 1.54) is 56.4 Å². The van der Waals surface area contributed by atoms with E-state index in [0.717, 1.165) is 11.8 Å². The number of alkyl halides is 1. The number of hydrogen-bond acceptors (Lipinski definition) is 2. The maximum absolute atomic E-state index is 6.02. The predicted molar refractivity (Wildman–Crippen MR) is 76.1 cm³/mol. The minimum atomic E-state index is 0.563. The van der Waals surface area contributed by atoms with Crippen molar-refractivity contribution in [1.29, 1.82) is 0 Å². The zero-order valence-electron chi connectivity index (χ0n) is 10.8. The summed E-state index contributed by atoms with van der Waals surface area (Å²) in [6.45, 7) is 2.41. The molecule has 0 aromatic carbocycles. The van der Waals surface area contributed by atoms with Gasteiger partial charge >= 0.3 is 0 Å². The summed E-state index contributed by atoms with van der Waals surface area (Å²) in [5.41, 5.74) is 2.48. The first-order chi connectivity index (χ1) is 8.88. The van der Waals surface area contributed by atoms with Crippen LogP contribution in [-0.4, -0.2) is 18.1 Å². The lowest BCUT2D eigenvalue weighted by molar-refractivity contribution is 0.202. The van der Waals surface area contributed by atoms with E-state index < -0.39 is 0 Å². The standard InChI is InChI=1S/C15H21ClN2/c16-9-14-10-17-7-5-15(14)18-8-6-12-3-1-2-4-13(12)11-18/h5,7,10,12-13H,1-4,6,8-9,11H2. The molecule has 2 unspecified atom stereocenters. The molecule has 0 bridgehead atoms. The van der Waals surface area contributed by atoms with Crippen LogP contribution in [0.2, 0.25) is 0 Å². The minimum Gasteiger partial charge on any atom is -0.371 e. The Morgan fingerprint density at radius 1 is 1.22 bits per heavy atom. The van der Waals surface area contributed by atoms with Crippen LogP contribution in [0.15, 0.2) is 18.5 Å². The summed E-state index contributed by atoms with van der Waals surface area (Å²) < 4.78 is 0. The third-order valence-electron chi connectivity index (χ3n) is 4.65. The third-order valence-corrected chi connectivity index (χ3v) is 4.94. The number of anilines is 1. The molecule has 2 heterocycles. The Morgan fingerprint density at radius 2 is 2.06 bits per heavy atom. The molecule has 1 aromatic rings. The van der Waals surface area contributed by atoms with E-state index in [0.29, 0.717) is 5.88 Å². The van der Waals surface area contributed by atoms with Crippen LogP contribution in [0.4, 0.5) is 5.69 Å². The topological polar surface area (TPSA) is 16.1 Å². The normalized spacial score (nSPS) is 27.9. The van der Waals surface area contributed by atoms with E-state index in [2.05, 4.69) is 16.0 Å². The fourth-order valence-corrected chi connectivity index (χ4v) is 3.86. The third kappa shape index (κ3) is 2.35. The highest BCUT2D eigenvalue weighted by Gasteiger charge is 2.31. The zero-order chi connectivity index (χ0) is 12.4. The largest absolute Gasteiger partial charge is 0.371 e. The number of fused-ring (bicyclic) bond motifs is 1. The van der Waals surface area contributed by atoms with Crippen molar-refractivity contribution in [3.63, 3.8) is 0 Å². The van der Waals surface area contributed by atoms with Crippen LogP contribution in [0.25, 0.3) is 0 Å². The molecule has 1 aliphatic carbocycles. The fourth-order valence-electron chi connectivity index (χ4n) is 3.65. The molecule has 1 saturated carbocycles. The van der Waals surface area contributed by atoms with Gasteiger partial charge in [0.2, 0.25) is 0 Å². The van der Waals surface area contributed by atoms with E-state index in [4.69, 9.17) is 11.6 Å². The molecule has 3 heteroatoms. The van der Waals surface area contributed by atoms with E-state index in [-0.39, 0.29) is 0 Å². The molecule has 2 aliphatic rings. The van der Waals surface area contributed by atoms with Gasteiger partial charge in [-0.25, -0.2) is 0 Å².